The van der Waals surface area contributed by atoms with Gasteiger partial charge >= 0.3 is 11.7 Å². The van der Waals surface area contributed by atoms with Gasteiger partial charge in [0.25, 0.3) is 10.1 Å². The maximum Gasteiger partial charge on any atom is 0.358 e. The van der Waals surface area contributed by atoms with Crippen LogP contribution in [0.4, 0.5) is 5.95 Å². The number of anilines is 1. The van der Waals surface area contributed by atoms with Gasteiger partial charge in [-0.2, -0.15) is 8.42 Å². The highest BCUT2D eigenvalue weighted by atomic mass is 32.2. The Labute approximate surface area is 146 Å². The van der Waals surface area contributed by atoms with Gasteiger partial charge in [-0.3, -0.25) is 4.55 Å². The number of hydrogen-bond acceptors (Lipinski definition) is 5. The first-order valence-electron chi connectivity index (χ1n) is 7.70. The molecule has 0 saturated heterocycles. The zero-order chi connectivity index (χ0) is 18.8. The second-order valence-corrected chi connectivity index (χ2v) is 7.06. The van der Waals surface area contributed by atoms with E-state index in [9.17, 15) is 8.42 Å². The molecule has 1 aromatic carbocycles. The van der Waals surface area contributed by atoms with Crippen molar-refractivity contribution in [1.29, 1.82) is 0 Å². The van der Waals surface area contributed by atoms with E-state index >= 15 is 0 Å². The molecule has 0 spiro atoms. The molecule has 0 unspecified atom stereocenters. The Morgan fingerprint density at radius 2 is 1.80 bits per heavy atom. The highest BCUT2D eigenvalue weighted by Gasteiger charge is 2.17. The van der Waals surface area contributed by atoms with Gasteiger partial charge in [-0.05, 0) is 39.8 Å². The van der Waals surface area contributed by atoms with Crippen molar-refractivity contribution >= 4 is 21.8 Å². The fourth-order valence-corrected chi connectivity index (χ4v) is 2.81. The summed E-state index contributed by atoms with van der Waals surface area (Å²) in [5.41, 5.74) is 8.76. The molecule has 0 radical (unpaired) electrons. The van der Waals surface area contributed by atoms with Gasteiger partial charge in [0, 0.05) is 11.2 Å². The van der Waals surface area contributed by atoms with Crippen LogP contribution in [0.1, 0.15) is 23.9 Å². The molecule has 8 nitrogen and oxygen atoms in total. The first-order valence-corrected chi connectivity index (χ1v) is 9.14. The number of rotatable bonds is 2. The van der Waals surface area contributed by atoms with Crippen LogP contribution < -0.4 is 10.3 Å². The van der Waals surface area contributed by atoms with E-state index in [1.54, 1.807) is 16.6 Å². The lowest BCUT2D eigenvalue weighted by Crippen LogP contribution is -2.35. The quantitative estimate of drug-likeness (QED) is 0.526. The van der Waals surface area contributed by atoms with Crippen LogP contribution in [0.2, 0.25) is 0 Å². The molecule has 0 fully saturated rings. The van der Waals surface area contributed by atoms with Gasteiger partial charge in [-0.25, -0.2) is 4.57 Å². The highest BCUT2D eigenvalue weighted by molar-refractivity contribution is 7.85. The van der Waals surface area contributed by atoms with E-state index in [0.29, 0.717) is 5.95 Å². The van der Waals surface area contributed by atoms with Crippen molar-refractivity contribution in [3.63, 3.8) is 0 Å². The number of fused-ring (bicyclic) bond motifs is 1. The number of hydrogen-bond donors (Lipinski definition) is 2. The van der Waals surface area contributed by atoms with Gasteiger partial charge in [-0.1, -0.05) is 17.7 Å². The van der Waals surface area contributed by atoms with Gasteiger partial charge in [0.1, 0.15) is 0 Å². The number of aryl methyl sites for hydroxylation is 4. The minimum Gasteiger partial charge on any atom is -0.318 e. The van der Waals surface area contributed by atoms with Crippen molar-refractivity contribution in [2.24, 2.45) is 0 Å². The predicted molar refractivity (Wildman–Crippen MR) is 93.7 cm³/mol. The Hall–Kier alpha value is -2.52. The van der Waals surface area contributed by atoms with Crippen LogP contribution in [0.3, 0.4) is 0 Å². The van der Waals surface area contributed by atoms with Crippen molar-refractivity contribution in [3.05, 3.63) is 47.3 Å². The second kappa shape index (κ2) is 7.16. The van der Waals surface area contributed by atoms with Gasteiger partial charge < -0.3 is 5.73 Å². The maximum absolute atomic E-state index is 10.5. The fraction of sp³-hybridized carbons (Fsp3) is 0.312. The van der Waals surface area contributed by atoms with Crippen LogP contribution >= 0.6 is 0 Å². The third-order valence-electron chi connectivity index (χ3n) is 3.57. The van der Waals surface area contributed by atoms with Crippen LogP contribution in [0.25, 0.3) is 5.78 Å². The van der Waals surface area contributed by atoms with Crippen LogP contribution in [-0.4, -0.2) is 27.6 Å². The van der Waals surface area contributed by atoms with Crippen LogP contribution in [0.15, 0.2) is 35.2 Å². The summed E-state index contributed by atoms with van der Waals surface area (Å²) in [6.45, 7) is 8.61. The standard InChI is InChI=1S/C9H14N5.C7H8O3S/c1-4-13-8(10)12-14-7(3)5-6(2)11-9(13)14;1-6-2-4-7(5-3-6)11(8,9)10/h5H,4H2,1-3H3,(H2,10,12);2-5H,1H3,(H,8,9,10)/q+1;. The summed E-state index contributed by atoms with van der Waals surface area (Å²) < 4.78 is 33.2. The predicted octanol–water partition coefficient (Wildman–Crippen LogP) is 1.48. The number of nitrogens with zero attached hydrogens (tertiary/aromatic N) is 4. The molecule has 0 bridgehead atoms. The molecular weight excluding hydrogens is 342 g/mol. The van der Waals surface area contributed by atoms with E-state index in [1.807, 2.05) is 38.3 Å². The molecule has 2 aromatic heterocycles. The summed E-state index contributed by atoms with van der Waals surface area (Å²) in [5.74, 6) is 1.32. The first kappa shape index (κ1) is 18.8. The Kier molecular flexibility index (Phi) is 5.39. The molecule has 0 aliphatic rings. The summed E-state index contributed by atoms with van der Waals surface area (Å²) in [7, 11) is -4.02. The minimum absolute atomic E-state index is 0.0666. The zero-order valence-corrected chi connectivity index (χ0v) is 15.4. The molecule has 9 heteroatoms. The van der Waals surface area contributed by atoms with Crippen molar-refractivity contribution in [2.75, 3.05) is 5.73 Å². The topological polar surface area (TPSA) is 114 Å². The molecular formula is C16H22N5O3S+. The van der Waals surface area contributed by atoms with E-state index in [-0.39, 0.29) is 4.90 Å². The van der Waals surface area contributed by atoms with E-state index < -0.39 is 10.1 Å². The van der Waals surface area contributed by atoms with Crippen molar-refractivity contribution in [3.8, 4) is 0 Å². The van der Waals surface area contributed by atoms with E-state index in [0.717, 1.165) is 29.3 Å². The first-order chi connectivity index (χ1) is 11.6. The average Bonchev–Trinajstić information content (AvgIpc) is 2.83. The van der Waals surface area contributed by atoms with E-state index in [1.165, 1.54) is 12.1 Å². The van der Waals surface area contributed by atoms with Crippen molar-refractivity contribution in [1.82, 2.24) is 14.6 Å². The van der Waals surface area contributed by atoms with Crippen molar-refractivity contribution < 1.29 is 17.5 Å². The smallest absolute Gasteiger partial charge is 0.318 e. The second-order valence-electron chi connectivity index (χ2n) is 5.64. The lowest BCUT2D eigenvalue weighted by molar-refractivity contribution is -0.656. The van der Waals surface area contributed by atoms with Gasteiger partial charge in [0.2, 0.25) is 0 Å². The minimum atomic E-state index is -4.02. The number of benzene rings is 1. The maximum atomic E-state index is 10.5. The lowest BCUT2D eigenvalue weighted by atomic mass is 10.2. The van der Waals surface area contributed by atoms with Gasteiger partial charge in [0.05, 0.1) is 22.8 Å². The Bertz CT molecular complexity index is 995. The normalized spacial score (nSPS) is 11.2. The molecule has 3 aromatic rings. The summed E-state index contributed by atoms with van der Waals surface area (Å²) >= 11 is 0. The molecule has 0 amide bonds. The Morgan fingerprint density at radius 1 is 1.20 bits per heavy atom. The van der Waals surface area contributed by atoms with Crippen molar-refractivity contribution in [2.45, 2.75) is 39.1 Å². The van der Waals surface area contributed by atoms with Crippen LogP contribution in [-0.2, 0) is 16.7 Å². The number of nitrogen functional groups attached to an aromatic ring is 1. The largest absolute Gasteiger partial charge is 0.358 e. The summed E-state index contributed by atoms with van der Waals surface area (Å²) in [6, 6.07) is 7.97. The molecule has 3 rings (SSSR count). The molecule has 25 heavy (non-hydrogen) atoms. The molecule has 134 valence electrons. The molecule has 0 atom stereocenters. The van der Waals surface area contributed by atoms with E-state index in [4.69, 9.17) is 10.3 Å². The fourth-order valence-electron chi connectivity index (χ4n) is 2.33. The lowest BCUT2D eigenvalue weighted by Gasteiger charge is -1.95. The summed E-state index contributed by atoms with van der Waals surface area (Å²) in [4.78, 5) is 4.34. The molecule has 2 heterocycles. The third-order valence-corrected chi connectivity index (χ3v) is 4.44. The summed E-state index contributed by atoms with van der Waals surface area (Å²) in [6.07, 6.45) is 0. The molecule has 0 saturated carbocycles. The van der Waals surface area contributed by atoms with Crippen LogP contribution in [0, 0.1) is 20.8 Å². The SMILES string of the molecule is CC[n+]1c(N)nn2c(C)cc(C)nc21.Cc1ccc(S(=O)(=O)O)cc1. The Balaban J connectivity index is 0.000000186. The molecule has 3 N–H and O–H groups in total. The third kappa shape index (κ3) is 4.31. The monoisotopic (exact) mass is 364 g/mol. The van der Waals surface area contributed by atoms with E-state index in [2.05, 4.69) is 10.1 Å². The summed E-state index contributed by atoms with van der Waals surface area (Å²) in [5, 5.41) is 4.22. The highest BCUT2D eigenvalue weighted by Crippen LogP contribution is 2.08. The number of nitrogens with two attached hydrogens (primary N) is 1. The van der Waals surface area contributed by atoms with Gasteiger partial charge in [0.15, 0.2) is 0 Å². The molecule has 0 aliphatic heterocycles. The Morgan fingerprint density at radius 3 is 2.32 bits per heavy atom. The average molecular weight is 364 g/mol. The van der Waals surface area contributed by atoms with Crippen LogP contribution in [0.5, 0.6) is 0 Å². The number of aromatic nitrogens is 4. The molecule has 0 aliphatic carbocycles. The zero-order valence-electron chi connectivity index (χ0n) is 14.6. The van der Waals surface area contributed by atoms with Gasteiger partial charge in [-0.15, -0.1) is 9.50 Å².